The van der Waals surface area contributed by atoms with E-state index in [-0.39, 0.29) is 30.7 Å². The smallest absolute Gasteiger partial charge is 0.276 e. The van der Waals surface area contributed by atoms with Crippen molar-refractivity contribution < 1.29 is 4.79 Å². The number of fused-ring (bicyclic) bond motifs is 1. The Morgan fingerprint density at radius 3 is 2.74 bits per heavy atom. The van der Waals surface area contributed by atoms with Crippen molar-refractivity contribution in [1.29, 1.82) is 0 Å². The minimum absolute atomic E-state index is 0. The molecule has 2 aliphatic rings. The van der Waals surface area contributed by atoms with E-state index in [9.17, 15) is 4.79 Å². The van der Waals surface area contributed by atoms with Gasteiger partial charge in [0.15, 0.2) is 5.69 Å². The van der Waals surface area contributed by atoms with E-state index in [1.807, 2.05) is 42.2 Å². The summed E-state index contributed by atoms with van der Waals surface area (Å²) >= 11 is 0. The quantitative estimate of drug-likeness (QED) is 0.640. The predicted octanol–water partition coefficient (Wildman–Crippen LogP) is 2.09. The van der Waals surface area contributed by atoms with Crippen molar-refractivity contribution in [3.05, 3.63) is 47.9 Å². The molecule has 2 fully saturated rings. The van der Waals surface area contributed by atoms with Crippen molar-refractivity contribution in [3.8, 4) is 5.69 Å². The Morgan fingerprint density at radius 2 is 1.94 bits per heavy atom. The zero-order valence-electron chi connectivity index (χ0n) is 17.4. The molecule has 1 N–H and O–H groups in total. The normalized spacial score (nSPS) is 19.1. The van der Waals surface area contributed by atoms with Crippen LogP contribution < -0.4 is 5.32 Å². The molecular formula is C21H27Cl2N7O. The number of hydrogen-bond donors (Lipinski definition) is 1. The molecule has 3 aromatic rings. The number of aromatic nitrogens is 4. The Balaban J connectivity index is 0.00000136. The number of carbonyl (C=O) groups is 1. The van der Waals surface area contributed by atoms with E-state index in [2.05, 4.69) is 25.5 Å². The highest BCUT2D eigenvalue weighted by Crippen LogP contribution is 2.21. The van der Waals surface area contributed by atoms with Crippen molar-refractivity contribution in [1.82, 2.24) is 35.1 Å². The molecule has 0 aliphatic carbocycles. The summed E-state index contributed by atoms with van der Waals surface area (Å²) < 4.78 is 1.74. The van der Waals surface area contributed by atoms with E-state index in [0.29, 0.717) is 11.7 Å². The average molecular weight is 464 g/mol. The van der Waals surface area contributed by atoms with Gasteiger partial charge in [0, 0.05) is 56.9 Å². The molecule has 166 valence electrons. The molecule has 0 bridgehead atoms. The molecule has 4 heterocycles. The van der Waals surface area contributed by atoms with E-state index < -0.39 is 0 Å². The van der Waals surface area contributed by atoms with Crippen LogP contribution in [0.4, 0.5) is 0 Å². The Morgan fingerprint density at radius 1 is 1.13 bits per heavy atom. The molecule has 1 unspecified atom stereocenters. The first-order valence-electron chi connectivity index (χ1n) is 10.2. The summed E-state index contributed by atoms with van der Waals surface area (Å²) in [6.07, 6.45) is 2.81. The molecule has 10 heteroatoms. The van der Waals surface area contributed by atoms with Crippen LogP contribution in [0.2, 0.25) is 0 Å². The molecule has 8 nitrogen and oxygen atoms in total. The number of likely N-dealkylation sites (tertiary alicyclic amines) is 1. The van der Waals surface area contributed by atoms with E-state index in [1.165, 1.54) is 0 Å². The van der Waals surface area contributed by atoms with Crippen molar-refractivity contribution in [3.63, 3.8) is 0 Å². The van der Waals surface area contributed by atoms with Gasteiger partial charge in [0.1, 0.15) is 0 Å². The molecule has 0 spiro atoms. The zero-order chi connectivity index (χ0) is 19.8. The molecule has 1 atom stereocenters. The summed E-state index contributed by atoms with van der Waals surface area (Å²) in [5, 5.41) is 12.9. The van der Waals surface area contributed by atoms with Gasteiger partial charge in [-0.1, -0.05) is 11.3 Å². The highest BCUT2D eigenvalue weighted by atomic mass is 35.5. The molecule has 31 heavy (non-hydrogen) atoms. The number of carbonyl (C=O) groups excluding carboxylic acids is 1. The first-order chi connectivity index (χ1) is 14.2. The maximum atomic E-state index is 13.1. The summed E-state index contributed by atoms with van der Waals surface area (Å²) in [4.78, 5) is 21.9. The summed E-state index contributed by atoms with van der Waals surface area (Å²) in [6.45, 7) is 7.62. The number of pyridine rings is 1. The van der Waals surface area contributed by atoms with Gasteiger partial charge in [-0.05, 0) is 37.6 Å². The fourth-order valence-corrected chi connectivity index (χ4v) is 4.39. The summed E-state index contributed by atoms with van der Waals surface area (Å²) in [5.74, 6) is -0.0196. The Bertz CT molecular complexity index is 1050. The lowest BCUT2D eigenvalue weighted by molar-refractivity contribution is 0.0767. The second-order valence-corrected chi connectivity index (χ2v) is 7.80. The molecule has 2 saturated heterocycles. The molecule has 2 aromatic heterocycles. The van der Waals surface area contributed by atoms with Crippen LogP contribution in [-0.4, -0.2) is 81.0 Å². The van der Waals surface area contributed by atoms with Crippen LogP contribution in [0, 0.1) is 6.92 Å². The average Bonchev–Trinajstić information content (AvgIpc) is 3.41. The number of benzene rings is 1. The Labute approximate surface area is 193 Å². The zero-order valence-corrected chi connectivity index (χ0v) is 19.0. The number of halogens is 2. The van der Waals surface area contributed by atoms with Gasteiger partial charge < -0.3 is 10.2 Å². The second kappa shape index (κ2) is 9.91. The maximum absolute atomic E-state index is 13.1. The van der Waals surface area contributed by atoms with Gasteiger partial charge in [-0.25, -0.2) is 4.68 Å². The molecule has 5 rings (SSSR count). The van der Waals surface area contributed by atoms with E-state index in [0.717, 1.165) is 68.0 Å². The van der Waals surface area contributed by atoms with E-state index >= 15 is 0 Å². The van der Waals surface area contributed by atoms with Gasteiger partial charge in [-0.3, -0.25) is 14.7 Å². The third-order valence-electron chi connectivity index (χ3n) is 6.05. The summed E-state index contributed by atoms with van der Waals surface area (Å²) in [6, 6.07) is 10.3. The largest absolute Gasteiger partial charge is 0.336 e. The van der Waals surface area contributed by atoms with Crippen LogP contribution >= 0.6 is 24.8 Å². The maximum Gasteiger partial charge on any atom is 0.276 e. The second-order valence-electron chi connectivity index (χ2n) is 7.80. The number of rotatable bonds is 3. The lowest BCUT2D eigenvalue weighted by Gasteiger charge is -2.32. The standard InChI is InChI=1S/C21H25N7O.2ClH/c1-15-20(21(29)27-10-6-18(14-27)26-11-8-22-9-12-26)24-25-28(15)17-4-5-19-16(13-17)3-2-7-23-19;;/h2-5,7,13,18,22H,6,8-12,14H2,1H3;2*1H. The van der Waals surface area contributed by atoms with Crippen LogP contribution in [0.3, 0.4) is 0 Å². The third-order valence-corrected chi connectivity index (χ3v) is 6.05. The SMILES string of the molecule is Cc1c(C(=O)N2CCC(N3CCNCC3)C2)nnn1-c1ccc2ncccc2c1.Cl.Cl. The van der Waals surface area contributed by atoms with Gasteiger partial charge >= 0.3 is 0 Å². The first-order valence-corrected chi connectivity index (χ1v) is 10.2. The van der Waals surface area contributed by atoms with Crippen molar-refractivity contribution >= 4 is 41.6 Å². The van der Waals surface area contributed by atoms with Gasteiger partial charge in [0.05, 0.1) is 16.9 Å². The van der Waals surface area contributed by atoms with Crippen LogP contribution in [0.25, 0.3) is 16.6 Å². The molecule has 0 saturated carbocycles. The first kappa shape index (κ1) is 23.4. The summed E-state index contributed by atoms with van der Waals surface area (Å²) in [5.41, 5.74) is 3.03. The molecular weight excluding hydrogens is 437 g/mol. The van der Waals surface area contributed by atoms with Crippen molar-refractivity contribution in [2.45, 2.75) is 19.4 Å². The number of amides is 1. The Hall–Kier alpha value is -2.26. The monoisotopic (exact) mass is 463 g/mol. The fraction of sp³-hybridized carbons (Fsp3) is 0.429. The predicted molar refractivity (Wildman–Crippen MR) is 125 cm³/mol. The minimum atomic E-state index is -0.0196. The van der Waals surface area contributed by atoms with Gasteiger partial charge in [-0.15, -0.1) is 29.9 Å². The van der Waals surface area contributed by atoms with E-state index in [4.69, 9.17) is 0 Å². The van der Waals surface area contributed by atoms with Gasteiger partial charge in [0.2, 0.25) is 0 Å². The number of nitrogens with one attached hydrogen (secondary N) is 1. The lowest BCUT2D eigenvalue weighted by atomic mass is 10.2. The topological polar surface area (TPSA) is 79.2 Å². The van der Waals surface area contributed by atoms with Gasteiger partial charge in [-0.2, -0.15) is 0 Å². The van der Waals surface area contributed by atoms with Gasteiger partial charge in [0.25, 0.3) is 5.91 Å². The number of nitrogens with zero attached hydrogens (tertiary/aromatic N) is 6. The van der Waals surface area contributed by atoms with Crippen LogP contribution in [0.5, 0.6) is 0 Å². The highest BCUT2D eigenvalue weighted by Gasteiger charge is 2.33. The minimum Gasteiger partial charge on any atom is -0.336 e. The number of hydrogen-bond acceptors (Lipinski definition) is 6. The van der Waals surface area contributed by atoms with Crippen LogP contribution in [0.1, 0.15) is 22.6 Å². The van der Waals surface area contributed by atoms with Crippen LogP contribution in [0.15, 0.2) is 36.5 Å². The molecule has 2 aliphatic heterocycles. The molecule has 1 amide bonds. The fourth-order valence-electron chi connectivity index (χ4n) is 4.39. The highest BCUT2D eigenvalue weighted by molar-refractivity contribution is 5.93. The third kappa shape index (κ3) is 4.52. The van der Waals surface area contributed by atoms with E-state index in [1.54, 1.807) is 10.9 Å². The van der Waals surface area contributed by atoms with Crippen molar-refractivity contribution in [2.24, 2.45) is 0 Å². The number of piperazine rings is 1. The lowest BCUT2D eigenvalue weighted by Crippen LogP contribution is -2.49. The summed E-state index contributed by atoms with van der Waals surface area (Å²) in [7, 11) is 0. The molecule has 0 radical (unpaired) electrons. The molecule has 1 aromatic carbocycles. The van der Waals surface area contributed by atoms with Crippen LogP contribution in [-0.2, 0) is 0 Å². The van der Waals surface area contributed by atoms with Crippen molar-refractivity contribution in [2.75, 3.05) is 39.3 Å². The Kier molecular flexibility index (Phi) is 7.48.